The molecule has 0 aromatic heterocycles. The number of nitrogens with one attached hydrogen (secondary N) is 1. The van der Waals surface area contributed by atoms with Crippen molar-refractivity contribution in [3.05, 3.63) is 48.6 Å². The van der Waals surface area contributed by atoms with Crippen LogP contribution in [0.25, 0.3) is 0 Å². The third kappa shape index (κ3) is 46.2. The van der Waals surface area contributed by atoms with Crippen LogP contribution in [0.5, 0.6) is 0 Å². The van der Waals surface area contributed by atoms with E-state index in [1.165, 1.54) is 148 Å². The van der Waals surface area contributed by atoms with E-state index in [1.807, 2.05) is 0 Å². The van der Waals surface area contributed by atoms with E-state index in [0.29, 0.717) is 19.3 Å². The smallest absolute Gasteiger partial charge is 0.306 e. The summed E-state index contributed by atoms with van der Waals surface area (Å²) in [4.78, 5) is 26.2. The summed E-state index contributed by atoms with van der Waals surface area (Å²) in [6, 6.07) is -0.717. The average Bonchev–Trinajstić information content (AvgIpc) is 3.28. The Hall–Kier alpha value is -2.18. The molecule has 0 saturated heterocycles. The Morgan fingerprint density at radius 3 is 1.29 bits per heavy atom. The Bertz CT molecular complexity index is 1080. The molecule has 63 heavy (non-hydrogen) atoms. The summed E-state index contributed by atoms with van der Waals surface area (Å²) in [6.07, 6.45) is 61.7. The molecule has 0 saturated carbocycles. The number of ether oxygens (including phenoxy) is 1. The molecule has 3 N–H and O–H groups in total. The van der Waals surface area contributed by atoms with Gasteiger partial charge in [0.1, 0.15) is 6.10 Å². The van der Waals surface area contributed by atoms with Gasteiger partial charge in [0.15, 0.2) is 0 Å². The second-order valence-corrected chi connectivity index (χ2v) is 18.6. The second-order valence-electron chi connectivity index (χ2n) is 18.6. The summed E-state index contributed by atoms with van der Waals surface area (Å²) in [5, 5.41) is 23.8. The minimum absolute atomic E-state index is 0.0467. The Morgan fingerprint density at radius 2 is 0.810 bits per heavy atom. The van der Waals surface area contributed by atoms with Crippen LogP contribution in [-0.4, -0.2) is 46.9 Å². The van der Waals surface area contributed by atoms with E-state index in [-0.39, 0.29) is 24.9 Å². The highest BCUT2D eigenvalue weighted by Gasteiger charge is 2.24. The van der Waals surface area contributed by atoms with Gasteiger partial charge in [-0.25, -0.2) is 0 Å². The van der Waals surface area contributed by atoms with Crippen LogP contribution >= 0.6 is 0 Å². The van der Waals surface area contributed by atoms with E-state index in [2.05, 4.69) is 74.7 Å². The number of carbonyl (C=O) groups is 2. The molecular formula is C57H105NO5. The molecule has 0 aromatic rings. The predicted octanol–water partition coefficient (Wildman–Crippen LogP) is 16.6. The van der Waals surface area contributed by atoms with Crippen LogP contribution in [0.1, 0.15) is 278 Å². The van der Waals surface area contributed by atoms with Gasteiger partial charge in [-0.2, -0.15) is 0 Å². The molecule has 0 bridgehead atoms. The topological polar surface area (TPSA) is 95.9 Å². The molecule has 0 fully saturated rings. The van der Waals surface area contributed by atoms with Crippen LogP contribution in [0, 0.1) is 0 Å². The van der Waals surface area contributed by atoms with E-state index in [1.54, 1.807) is 0 Å². The average molecular weight is 884 g/mol. The Labute approximate surface area is 391 Å². The van der Waals surface area contributed by atoms with Crippen LogP contribution in [0.15, 0.2) is 48.6 Å². The normalized spacial score (nSPS) is 13.5. The van der Waals surface area contributed by atoms with Crippen LogP contribution in [0.3, 0.4) is 0 Å². The predicted molar refractivity (Wildman–Crippen MR) is 273 cm³/mol. The number of aliphatic hydroxyl groups excluding tert-OH is 2. The first-order chi connectivity index (χ1) is 31.0. The monoisotopic (exact) mass is 884 g/mol. The number of esters is 1. The highest BCUT2D eigenvalue weighted by Crippen LogP contribution is 2.17. The van der Waals surface area contributed by atoms with E-state index >= 15 is 0 Å². The van der Waals surface area contributed by atoms with Crippen molar-refractivity contribution in [1.29, 1.82) is 0 Å². The van der Waals surface area contributed by atoms with Crippen molar-refractivity contribution in [1.82, 2.24) is 5.32 Å². The molecule has 368 valence electrons. The van der Waals surface area contributed by atoms with Gasteiger partial charge in [0.25, 0.3) is 0 Å². The number of unbranched alkanes of at least 4 members (excludes halogenated alkanes) is 29. The molecule has 0 radical (unpaired) electrons. The molecule has 0 aliphatic rings. The van der Waals surface area contributed by atoms with Gasteiger partial charge in [-0.15, -0.1) is 0 Å². The standard InChI is InChI=1S/C57H105NO5/c1-4-7-10-13-16-19-22-25-27-29-32-34-37-40-43-46-49-55(60)54(52-59)58-56(61)51-53(48-45-42-39-36-33-31-28-26-23-20-17-14-11-8-5-2)63-57(62)50-47-44-41-38-35-30-24-21-18-15-12-9-6-3/h17,20,26,28,30,33,35-36,53-55,59-60H,4-16,18-19,21-25,27,29,31-32,34,37-52H2,1-3H3,(H,58,61)/b20-17-,28-26-,35-30-,36-33-. The summed E-state index contributed by atoms with van der Waals surface area (Å²) >= 11 is 0. The quantitative estimate of drug-likeness (QED) is 0.0321. The molecule has 0 aliphatic heterocycles. The lowest BCUT2D eigenvalue weighted by atomic mass is 10.0. The maximum atomic E-state index is 13.2. The highest BCUT2D eigenvalue weighted by molar-refractivity contribution is 5.77. The lowest BCUT2D eigenvalue weighted by Gasteiger charge is -2.24. The first-order valence-electron chi connectivity index (χ1n) is 27.4. The lowest BCUT2D eigenvalue weighted by Crippen LogP contribution is -2.46. The molecule has 0 rings (SSSR count). The fourth-order valence-corrected chi connectivity index (χ4v) is 8.20. The largest absolute Gasteiger partial charge is 0.462 e. The zero-order valence-corrected chi connectivity index (χ0v) is 42.0. The minimum atomic E-state index is -0.800. The van der Waals surface area contributed by atoms with Crippen molar-refractivity contribution in [3.63, 3.8) is 0 Å². The number of hydrogen-bond acceptors (Lipinski definition) is 5. The Morgan fingerprint density at radius 1 is 0.460 bits per heavy atom. The summed E-state index contributed by atoms with van der Waals surface area (Å²) in [6.45, 7) is 6.45. The second kappa shape index (κ2) is 50.8. The van der Waals surface area contributed by atoms with Crippen molar-refractivity contribution in [2.45, 2.75) is 296 Å². The SMILES string of the molecule is CCCCC/C=C\C/C=C\C/C=C\CCCCC(CC(=O)NC(CO)C(O)CCCCCCCCCCCCCCCCCC)OC(=O)CCCCC/C=C\CCCCCCCC. The van der Waals surface area contributed by atoms with Gasteiger partial charge >= 0.3 is 5.97 Å². The Balaban J connectivity index is 4.61. The molecule has 0 heterocycles. The number of aliphatic hydroxyl groups is 2. The zero-order chi connectivity index (χ0) is 45.9. The molecular weight excluding hydrogens is 779 g/mol. The molecule has 3 unspecified atom stereocenters. The van der Waals surface area contributed by atoms with Crippen LogP contribution < -0.4 is 5.32 Å². The fourth-order valence-electron chi connectivity index (χ4n) is 8.20. The minimum Gasteiger partial charge on any atom is -0.462 e. The summed E-state index contributed by atoms with van der Waals surface area (Å²) in [7, 11) is 0. The molecule has 0 aromatic carbocycles. The van der Waals surface area contributed by atoms with Crippen molar-refractivity contribution in [2.24, 2.45) is 0 Å². The summed E-state index contributed by atoms with van der Waals surface area (Å²) in [5.41, 5.74) is 0. The van der Waals surface area contributed by atoms with Crippen molar-refractivity contribution < 1.29 is 24.5 Å². The van der Waals surface area contributed by atoms with Gasteiger partial charge in [0, 0.05) is 6.42 Å². The molecule has 3 atom stereocenters. The van der Waals surface area contributed by atoms with Crippen LogP contribution in [0.2, 0.25) is 0 Å². The maximum absolute atomic E-state index is 13.2. The lowest BCUT2D eigenvalue weighted by molar-refractivity contribution is -0.151. The molecule has 6 heteroatoms. The highest BCUT2D eigenvalue weighted by atomic mass is 16.5. The van der Waals surface area contributed by atoms with Crippen molar-refractivity contribution in [3.8, 4) is 0 Å². The van der Waals surface area contributed by atoms with Crippen molar-refractivity contribution >= 4 is 11.9 Å². The van der Waals surface area contributed by atoms with Gasteiger partial charge in [-0.3, -0.25) is 9.59 Å². The number of rotatable bonds is 49. The summed E-state index contributed by atoms with van der Waals surface area (Å²) < 4.78 is 5.92. The van der Waals surface area contributed by atoms with Crippen LogP contribution in [0.4, 0.5) is 0 Å². The maximum Gasteiger partial charge on any atom is 0.306 e. The van der Waals surface area contributed by atoms with Gasteiger partial charge in [-0.1, -0.05) is 223 Å². The van der Waals surface area contributed by atoms with E-state index in [4.69, 9.17) is 4.74 Å². The molecule has 0 spiro atoms. The first-order valence-corrected chi connectivity index (χ1v) is 27.4. The number of hydrogen-bond donors (Lipinski definition) is 3. The molecule has 0 aliphatic carbocycles. The molecule has 6 nitrogen and oxygen atoms in total. The zero-order valence-electron chi connectivity index (χ0n) is 42.0. The fraction of sp³-hybridized carbons (Fsp3) is 0.825. The third-order valence-corrected chi connectivity index (χ3v) is 12.4. The number of amides is 1. The van der Waals surface area contributed by atoms with E-state index in [0.717, 1.165) is 83.5 Å². The van der Waals surface area contributed by atoms with Crippen LogP contribution in [-0.2, 0) is 14.3 Å². The first kappa shape index (κ1) is 60.8. The Kier molecular flexibility index (Phi) is 49.1. The number of allylic oxidation sites excluding steroid dienone is 8. The van der Waals surface area contributed by atoms with Gasteiger partial charge < -0.3 is 20.3 Å². The molecule has 1 amide bonds. The third-order valence-electron chi connectivity index (χ3n) is 12.4. The van der Waals surface area contributed by atoms with Gasteiger partial charge in [0.2, 0.25) is 5.91 Å². The van der Waals surface area contributed by atoms with Crippen molar-refractivity contribution in [2.75, 3.05) is 6.61 Å². The van der Waals surface area contributed by atoms with E-state index < -0.39 is 18.2 Å². The summed E-state index contributed by atoms with van der Waals surface area (Å²) in [5.74, 6) is -0.524. The van der Waals surface area contributed by atoms with Gasteiger partial charge in [0.05, 0.1) is 25.2 Å². The number of carbonyl (C=O) groups excluding carboxylic acids is 2. The van der Waals surface area contributed by atoms with Gasteiger partial charge in [-0.05, 0) is 89.9 Å². The van der Waals surface area contributed by atoms with E-state index in [9.17, 15) is 19.8 Å².